The summed E-state index contributed by atoms with van der Waals surface area (Å²) in [5.41, 5.74) is 9.94. The van der Waals surface area contributed by atoms with Crippen LogP contribution in [-0.4, -0.2) is 10.9 Å². The molecule has 0 fully saturated rings. The summed E-state index contributed by atoms with van der Waals surface area (Å²) in [6.45, 7) is 1.52. The highest BCUT2D eigenvalue weighted by Crippen LogP contribution is 2.19. The minimum absolute atomic E-state index is 0.424. The minimum Gasteiger partial charge on any atom is -0.366 e. The fraction of sp³-hybridized carbons (Fsp3) is 0.100. The molecule has 24 heavy (non-hydrogen) atoms. The lowest BCUT2D eigenvalue weighted by atomic mass is 10.0. The second-order valence-electron chi connectivity index (χ2n) is 5.57. The summed E-state index contributed by atoms with van der Waals surface area (Å²) in [7, 11) is 0. The van der Waals surface area contributed by atoms with E-state index in [1.54, 1.807) is 12.1 Å². The van der Waals surface area contributed by atoms with Crippen LogP contribution in [0, 0.1) is 0 Å². The number of carbonyl (C=O) groups excluding carboxylic acids is 1. The lowest BCUT2D eigenvalue weighted by molar-refractivity contribution is 0.100. The van der Waals surface area contributed by atoms with E-state index in [1.165, 1.54) is 5.56 Å². The molecule has 0 radical (unpaired) electrons. The zero-order valence-electron chi connectivity index (χ0n) is 13.3. The van der Waals surface area contributed by atoms with E-state index in [0.29, 0.717) is 12.1 Å². The van der Waals surface area contributed by atoms with E-state index in [2.05, 4.69) is 22.4 Å². The molecular weight excluding hydrogens is 298 g/mol. The van der Waals surface area contributed by atoms with Crippen LogP contribution >= 0.6 is 0 Å². The fourth-order valence-corrected chi connectivity index (χ4v) is 2.48. The molecule has 1 amide bonds. The number of carbonyl (C=O) groups is 1. The van der Waals surface area contributed by atoms with E-state index < -0.39 is 5.91 Å². The Morgan fingerprint density at radius 2 is 1.75 bits per heavy atom. The molecule has 1 heterocycles. The summed E-state index contributed by atoms with van der Waals surface area (Å²) in [4.78, 5) is 15.8. The van der Waals surface area contributed by atoms with Crippen molar-refractivity contribution in [3.63, 3.8) is 0 Å². The van der Waals surface area contributed by atoms with Crippen LogP contribution in [0.25, 0.3) is 11.1 Å². The Labute approximate surface area is 141 Å². The van der Waals surface area contributed by atoms with Gasteiger partial charge in [-0.15, -0.1) is 0 Å². The van der Waals surface area contributed by atoms with E-state index in [4.69, 9.17) is 5.73 Å². The predicted molar refractivity (Wildman–Crippen MR) is 95.2 cm³/mol. The van der Waals surface area contributed by atoms with Crippen molar-refractivity contribution in [3.8, 4) is 11.1 Å². The minimum atomic E-state index is -0.424. The average molecular weight is 317 g/mol. The standard InChI is InChI=1S/C20H19N3O/c21-20(24)17-8-4-7-16(11-17)18-9-10-19(23-13-18)14-22-12-15-5-2-1-3-6-15/h1-11,13,22H,12,14H2,(H2,21,24). The topological polar surface area (TPSA) is 68.0 Å². The first-order valence-corrected chi connectivity index (χ1v) is 7.82. The number of nitrogens with zero attached hydrogens (tertiary/aromatic N) is 1. The molecule has 0 bridgehead atoms. The first kappa shape index (κ1) is 15.9. The van der Waals surface area contributed by atoms with Gasteiger partial charge in [-0.25, -0.2) is 0 Å². The normalized spacial score (nSPS) is 10.5. The van der Waals surface area contributed by atoms with Crippen molar-refractivity contribution in [2.24, 2.45) is 5.73 Å². The first-order valence-electron chi connectivity index (χ1n) is 7.82. The summed E-state index contributed by atoms with van der Waals surface area (Å²) >= 11 is 0. The molecule has 4 heteroatoms. The Morgan fingerprint density at radius 3 is 2.46 bits per heavy atom. The van der Waals surface area contributed by atoms with Crippen molar-refractivity contribution in [2.75, 3.05) is 0 Å². The number of pyridine rings is 1. The molecule has 3 aromatic rings. The van der Waals surface area contributed by atoms with Crippen molar-refractivity contribution >= 4 is 5.91 Å². The second-order valence-corrected chi connectivity index (χ2v) is 5.57. The van der Waals surface area contributed by atoms with Crippen LogP contribution in [0.4, 0.5) is 0 Å². The first-order chi connectivity index (χ1) is 11.7. The molecular formula is C20H19N3O. The molecule has 0 saturated heterocycles. The molecule has 0 spiro atoms. The number of primary amides is 1. The predicted octanol–water partition coefficient (Wildman–Crippen LogP) is 3.14. The number of nitrogens with two attached hydrogens (primary N) is 1. The fourth-order valence-electron chi connectivity index (χ4n) is 2.48. The molecule has 3 rings (SSSR count). The highest BCUT2D eigenvalue weighted by molar-refractivity contribution is 5.94. The number of hydrogen-bond donors (Lipinski definition) is 2. The second kappa shape index (κ2) is 7.53. The number of rotatable bonds is 6. The van der Waals surface area contributed by atoms with Gasteiger partial charge in [0, 0.05) is 30.4 Å². The molecule has 1 aromatic heterocycles. The number of amides is 1. The molecule has 0 aliphatic rings. The van der Waals surface area contributed by atoms with Crippen LogP contribution in [-0.2, 0) is 13.1 Å². The highest BCUT2D eigenvalue weighted by atomic mass is 16.1. The quantitative estimate of drug-likeness (QED) is 0.734. The van der Waals surface area contributed by atoms with Gasteiger partial charge in [0.15, 0.2) is 0 Å². The molecule has 0 aliphatic carbocycles. The lowest BCUT2D eigenvalue weighted by Gasteiger charge is -2.07. The van der Waals surface area contributed by atoms with E-state index in [9.17, 15) is 4.79 Å². The third-order valence-corrected chi connectivity index (χ3v) is 3.78. The summed E-state index contributed by atoms with van der Waals surface area (Å²) in [5, 5.41) is 3.38. The maximum absolute atomic E-state index is 11.3. The van der Waals surface area contributed by atoms with Gasteiger partial charge < -0.3 is 11.1 Å². The van der Waals surface area contributed by atoms with Crippen molar-refractivity contribution in [1.82, 2.24) is 10.3 Å². The molecule has 4 nitrogen and oxygen atoms in total. The molecule has 0 saturated carbocycles. The van der Waals surface area contributed by atoms with Crippen molar-refractivity contribution < 1.29 is 4.79 Å². The molecule has 3 N–H and O–H groups in total. The van der Waals surface area contributed by atoms with Gasteiger partial charge in [0.1, 0.15) is 0 Å². The van der Waals surface area contributed by atoms with Gasteiger partial charge in [0.05, 0.1) is 5.69 Å². The van der Waals surface area contributed by atoms with E-state index >= 15 is 0 Å². The van der Waals surface area contributed by atoms with Crippen LogP contribution in [0.5, 0.6) is 0 Å². The average Bonchev–Trinajstić information content (AvgIpc) is 2.63. The van der Waals surface area contributed by atoms with Gasteiger partial charge >= 0.3 is 0 Å². The summed E-state index contributed by atoms with van der Waals surface area (Å²) in [5.74, 6) is -0.424. The SMILES string of the molecule is NC(=O)c1cccc(-c2ccc(CNCc3ccccc3)nc2)c1. The molecule has 120 valence electrons. The Kier molecular flexibility index (Phi) is 4.99. The van der Waals surface area contributed by atoms with Crippen LogP contribution in [0.1, 0.15) is 21.6 Å². The zero-order chi connectivity index (χ0) is 16.8. The van der Waals surface area contributed by atoms with Gasteiger partial charge in [-0.1, -0.05) is 48.5 Å². The maximum atomic E-state index is 11.3. The van der Waals surface area contributed by atoms with Crippen LogP contribution in [0.3, 0.4) is 0 Å². The Hall–Kier alpha value is -2.98. The third kappa shape index (κ3) is 4.06. The number of hydrogen-bond acceptors (Lipinski definition) is 3. The lowest BCUT2D eigenvalue weighted by Crippen LogP contribution is -2.13. The van der Waals surface area contributed by atoms with Gasteiger partial charge in [0.2, 0.25) is 5.91 Å². The molecule has 2 aromatic carbocycles. The Balaban J connectivity index is 1.63. The van der Waals surface area contributed by atoms with E-state index in [-0.39, 0.29) is 0 Å². The summed E-state index contributed by atoms with van der Waals surface area (Å²) in [6.07, 6.45) is 1.82. The molecule has 0 atom stereocenters. The largest absolute Gasteiger partial charge is 0.366 e. The van der Waals surface area contributed by atoms with Crippen LogP contribution in [0.2, 0.25) is 0 Å². The van der Waals surface area contributed by atoms with Crippen molar-refractivity contribution in [2.45, 2.75) is 13.1 Å². The Morgan fingerprint density at radius 1 is 0.917 bits per heavy atom. The van der Waals surface area contributed by atoms with Crippen LogP contribution < -0.4 is 11.1 Å². The third-order valence-electron chi connectivity index (χ3n) is 3.78. The van der Waals surface area contributed by atoms with Gasteiger partial charge in [-0.3, -0.25) is 9.78 Å². The monoisotopic (exact) mass is 317 g/mol. The van der Waals surface area contributed by atoms with Crippen molar-refractivity contribution in [1.29, 1.82) is 0 Å². The van der Waals surface area contributed by atoms with Gasteiger partial charge in [-0.2, -0.15) is 0 Å². The van der Waals surface area contributed by atoms with E-state index in [0.717, 1.165) is 23.4 Å². The summed E-state index contributed by atoms with van der Waals surface area (Å²) < 4.78 is 0. The molecule has 0 aliphatic heterocycles. The number of nitrogens with one attached hydrogen (secondary N) is 1. The highest BCUT2D eigenvalue weighted by Gasteiger charge is 2.04. The van der Waals surface area contributed by atoms with Crippen LogP contribution in [0.15, 0.2) is 72.9 Å². The number of aromatic nitrogens is 1. The maximum Gasteiger partial charge on any atom is 0.248 e. The van der Waals surface area contributed by atoms with Gasteiger partial charge in [-0.05, 0) is 29.3 Å². The van der Waals surface area contributed by atoms with E-state index in [1.807, 2.05) is 48.7 Å². The van der Waals surface area contributed by atoms with Crippen molar-refractivity contribution in [3.05, 3.63) is 89.7 Å². The zero-order valence-corrected chi connectivity index (χ0v) is 13.3. The smallest absolute Gasteiger partial charge is 0.248 e. The van der Waals surface area contributed by atoms with Gasteiger partial charge in [0.25, 0.3) is 0 Å². The number of benzene rings is 2. The summed E-state index contributed by atoms with van der Waals surface area (Å²) in [6, 6.07) is 21.5. The Bertz CT molecular complexity index is 814. The molecule has 0 unspecified atom stereocenters.